The van der Waals surface area contributed by atoms with E-state index in [-0.39, 0.29) is 19.7 Å². The number of aliphatic imine (C=N–C) groups is 2. The van der Waals surface area contributed by atoms with E-state index in [9.17, 15) is 19.2 Å². The summed E-state index contributed by atoms with van der Waals surface area (Å²) in [4.78, 5) is 48.8. The highest BCUT2D eigenvalue weighted by Gasteiger charge is 2.09. The average molecular weight is 517 g/mol. The van der Waals surface area contributed by atoms with Gasteiger partial charge in [-0.25, -0.2) is 29.2 Å². The number of methoxy groups -OCH3 is 1. The zero-order valence-electron chi connectivity index (χ0n) is 21.5. The van der Waals surface area contributed by atoms with Crippen LogP contribution in [0.3, 0.4) is 0 Å². The molecule has 0 heterocycles. The third kappa shape index (κ3) is 29.2. The molecule has 13 nitrogen and oxygen atoms in total. The van der Waals surface area contributed by atoms with Crippen LogP contribution in [0.2, 0.25) is 0 Å². The minimum absolute atomic E-state index is 0.213. The maximum Gasteiger partial charge on any atom is 0.407 e. The van der Waals surface area contributed by atoms with Gasteiger partial charge in [0.15, 0.2) is 0 Å². The van der Waals surface area contributed by atoms with Gasteiger partial charge >= 0.3 is 12.2 Å². The van der Waals surface area contributed by atoms with Crippen LogP contribution in [0.15, 0.2) is 9.98 Å². The van der Waals surface area contributed by atoms with E-state index < -0.39 is 18.3 Å². The summed E-state index contributed by atoms with van der Waals surface area (Å²) in [5, 5.41) is 5.30. The second-order valence-corrected chi connectivity index (χ2v) is 7.61. The zero-order chi connectivity index (χ0) is 27.1. The predicted molar refractivity (Wildman–Crippen MR) is 135 cm³/mol. The number of hydrogen-bond donors (Lipinski definition) is 4. The van der Waals surface area contributed by atoms with Crippen LogP contribution in [-0.4, -0.2) is 90.0 Å². The number of nitrogens with one attached hydrogen (secondary N) is 2. The molecule has 0 rings (SSSR count). The van der Waals surface area contributed by atoms with Gasteiger partial charge in [0.2, 0.25) is 12.2 Å². The fourth-order valence-corrected chi connectivity index (χ4v) is 2.64. The third-order valence-corrected chi connectivity index (χ3v) is 4.63. The Morgan fingerprint density at radius 2 is 1.22 bits per heavy atom. The molecule has 0 aromatic carbocycles. The van der Waals surface area contributed by atoms with Crippen molar-refractivity contribution in [3.63, 3.8) is 0 Å². The first-order valence-electron chi connectivity index (χ1n) is 12.4. The molecule has 0 aliphatic rings. The molecule has 0 fully saturated rings. The summed E-state index contributed by atoms with van der Waals surface area (Å²) in [6.07, 6.45) is 10.3. The molecule has 0 unspecified atom stereocenters. The Kier molecular flexibility index (Phi) is 29.7. The Balaban J connectivity index is 0. The van der Waals surface area contributed by atoms with Gasteiger partial charge in [-0.15, -0.1) is 0 Å². The monoisotopic (exact) mass is 516 g/mol. The fraction of sp³-hybridized carbons (Fsp3) is 0.826. The Labute approximate surface area is 213 Å². The fourth-order valence-electron chi connectivity index (χ4n) is 2.64. The lowest BCUT2D eigenvalue weighted by molar-refractivity contribution is 0.0984. The summed E-state index contributed by atoms with van der Waals surface area (Å²) in [6, 6.07) is 0. The van der Waals surface area contributed by atoms with Gasteiger partial charge < -0.3 is 36.3 Å². The standard InChI is InChI=1S/C14H30N4O5.C9H14N2O2/c1-21-8-9-22-13(19)17-6-4-2-3-5-7-18-14(20)23-12(10-15)11-16;12-8-10-6-4-2-1-3-5-7-11-9-13/h12H,2-11,15-16H2,1H3,(H,17,19)(H,18,20);1-7H2. The largest absolute Gasteiger partial charge is 0.447 e. The lowest BCUT2D eigenvalue weighted by atomic mass is 10.1. The average Bonchev–Trinajstić information content (AvgIpc) is 2.88. The lowest BCUT2D eigenvalue weighted by Gasteiger charge is -2.14. The third-order valence-electron chi connectivity index (χ3n) is 4.63. The van der Waals surface area contributed by atoms with Crippen molar-refractivity contribution in [1.82, 2.24) is 10.6 Å². The van der Waals surface area contributed by atoms with Crippen LogP contribution in [0, 0.1) is 0 Å². The number of hydrogen-bond acceptors (Lipinski definition) is 11. The first kappa shape index (κ1) is 35.3. The Hall–Kier alpha value is -2.82. The van der Waals surface area contributed by atoms with E-state index in [0.717, 1.165) is 57.8 Å². The molecule has 0 saturated carbocycles. The summed E-state index contributed by atoms with van der Waals surface area (Å²) in [6.45, 7) is 3.32. The van der Waals surface area contributed by atoms with E-state index in [2.05, 4.69) is 20.6 Å². The number of nitrogens with two attached hydrogens (primary N) is 2. The van der Waals surface area contributed by atoms with Crippen molar-refractivity contribution in [3.8, 4) is 0 Å². The van der Waals surface area contributed by atoms with Crippen molar-refractivity contribution in [2.75, 3.05) is 59.6 Å². The maximum absolute atomic E-state index is 11.4. The second kappa shape index (κ2) is 30.2. The van der Waals surface area contributed by atoms with Crippen LogP contribution >= 0.6 is 0 Å². The van der Waals surface area contributed by atoms with E-state index in [4.69, 9.17) is 25.7 Å². The highest BCUT2D eigenvalue weighted by molar-refractivity contribution is 5.67. The summed E-state index contributed by atoms with van der Waals surface area (Å²) < 4.78 is 14.6. The van der Waals surface area contributed by atoms with Gasteiger partial charge in [0.05, 0.1) is 19.7 Å². The number of ether oxygens (including phenoxy) is 3. The zero-order valence-corrected chi connectivity index (χ0v) is 21.5. The van der Waals surface area contributed by atoms with E-state index in [1.54, 1.807) is 7.11 Å². The minimum Gasteiger partial charge on any atom is -0.447 e. The normalized spacial score (nSPS) is 9.78. The Bertz CT molecular complexity index is 600. The molecule has 0 bridgehead atoms. The second-order valence-electron chi connectivity index (χ2n) is 7.61. The van der Waals surface area contributed by atoms with Crippen LogP contribution in [0.25, 0.3) is 0 Å². The van der Waals surface area contributed by atoms with E-state index in [1.807, 2.05) is 0 Å². The number of rotatable bonds is 21. The first-order chi connectivity index (χ1) is 17.5. The van der Waals surface area contributed by atoms with E-state index in [0.29, 0.717) is 32.8 Å². The Morgan fingerprint density at radius 1 is 0.750 bits per heavy atom. The molecule has 208 valence electrons. The van der Waals surface area contributed by atoms with Crippen molar-refractivity contribution in [2.45, 2.75) is 63.9 Å². The number of carbonyl (C=O) groups excluding carboxylic acids is 4. The number of isocyanates is 2. The highest BCUT2D eigenvalue weighted by atomic mass is 16.6. The number of carbonyl (C=O) groups is 2. The molecular weight excluding hydrogens is 472 g/mol. The summed E-state index contributed by atoms with van der Waals surface area (Å²) in [5.74, 6) is 0. The molecule has 2 amide bonds. The summed E-state index contributed by atoms with van der Waals surface area (Å²) in [7, 11) is 1.55. The van der Waals surface area contributed by atoms with Crippen LogP contribution in [0.1, 0.15) is 57.8 Å². The van der Waals surface area contributed by atoms with Crippen molar-refractivity contribution in [2.24, 2.45) is 21.5 Å². The SMILES string of the molecule is COCCOC(=O)NCCCCCCNC(=O)OC(CN)CN.O=C=NCCCCCCCN=C=O. The smallest absolute Gasteiger partial charge is 0.407 e. The molecule has 0 aromatic rings. The number of amides is 2. The van der Waals surface area contributed by atoms with Gasteiger partial charge in [0, 0.05) is 33.3 Å². The van der Waals surface area contributed by atoms with Gasteiger partial charge in [-0.1, -0.05) is 32.1 Å². The van der Waals surface area contributed by atoms with Crippen LogP contribution in [0.4, 0.5) is 9.59 Å². The molecule has 0 saturated heterocycles. The van der Waals surface area contributed by atoms with Crippen molar-refractivity contribution < 1.29 is 33.4 Å². The van der Waals surface area contributed by atoms with Crippen LogP contribution in [-0.2, 0) is 23.8 Å². The van der Waals surface area contributed by atoms with Crippen LogP contribution < -0.4 is 22.1 Å². The van der Waals surface area contributed by atoms with Gasteiger partial charge in [0.1, 0.15) is 12.7 Å². The maximum atomic E-state index is 11.4. The van der Waals surface area contributed by atoms with Crippen molar-refractivity contribution in [3.05, 3.63) is 0 Å². The predicted octanol–water partition coefficient (Wildman–Crippen LogP) is 1.54. The molecule has 0 radical (unpaired) electrons. The molecule has 0 aromatic heterocycles. The van der Waals surface area contributed by atoms with Gasteiger partial charge in [-0.3, -0.25) is 0 Å². The number of unbranched alkanes of at least 4 members (excludes halogenated alkanes) is 7. The molecule has 36 heavy (non-hydrogen) atoms. The van der Waals surface area contributed by atoms with E-state index in [1.165, 1.54) is 12.2 Å². The first-order valence-corrected chi connectivity index (χ1v) is 12.4. The number of alkyl carbamates (subject to hydrolysis) is 2. The Morgan fingerprint density at radius 3 is 1.69 bits per heavy atom. The quantitative estimate of drug-likeness (QED) is 0.0993. The van der Waals surface area contributed by atoms with E-state index >= 15 is 0 Å². The topological polar surface area (TPSA) is 197 Å². The van der Waals surface area contributed by atoms with Gasteiger partial charge in [0.25, 0.3) is 0 Å². The molecule has 0 aliphatic heterocycles. The van der Waals surface area contributed by atoms with Gasteiger partial charge in [-0.05, 0) is 25.7 Å². The minimum atomic E-state index is -0.494. The molecule has 0 aliphatic carbocycles. The lowest BCUT2D eigenvalue weighted by Crippen LogP contribution is -2.37. The van der Waals surface area contributed by atoms with Crippen LogP contribution in [0.5, 0.6) is 0 Å². The molecule has 0 spiro atoms. The number of nitrogens with zero attached hydrogens (tertiary/aromatic N) is 2. The van der Waals surface area contributed by atoms with Crippen molar-refractivity contribution >= 4 is 24.3 Å². The molecule has 0 atom stereocenters. The van der Waals surface area contributed by atoms with Gasteiger partial charge in [-0.2, -0.15) is 0 Å². The molecular formula is C23H44N6O7. The molecule has 6 N–H and O–H groups in total. The van der Waals surface area contributed by atoms with Crippen molar-refractivity contribution in [1.29, 1.82) is 0 Å². The molecule has 13 heteroatoms. The summed E-state index contributed by atoms with van der Waals surface area (Å²) in [5.41, 5.74) is 10.8. The summed E-state index contributed by atoms with van der Waals surface area (Å²) >= 11 is 0. The highest BCUT2D eigenvalue weighted by Crippen LogP contribution is 2.02.